The second-order valence-corrected chi connectivity index (χ2v) is 5.45. The van der Waals surface area contributed by atoms with Crippen molar-refractivity contribution in [1.29, 1.82) is 0 Å². The Morgan fingerprint density at radius 1 is 1.33 bits per heavy atom. The molecule has 0 aliphatic carbocycles. The van der Waals surface area contributed by atoms with E-state index in [9.17, 15) is 4.79 Å². The van der Waals surface area contributed by atoms with Crippen molar-refractivity contribution in [3.63, 3.8) is 0 Å². The number of nitrogens with one attached hydrogen (secondary N) is 1. The minimum absolute atomic E-state index is 0.182. The predicted molar refractivity (Wildman–Crippen MR) is 73.7 cm³/mol. The summed E-state index contributed by atoms with van der Waals surface area (Å²) in [6.45, 7) is 5.67. The van der Waals surface area contributed by atoms with Crippen LogP contribution in [0.15, 0.2) is 24.3 Å². The van der Waals surface area contributed by atoms with Crippen LogP contribution in [-0.4, -0.2) is 37.0 Å². The number of hydrogen-bond acceptors (Lipinski definition) is 2. The van der Waals surface area contributed by atoms with Gasteiger partial charge in [-0.25, -0.2) is 0 Å². The molecular formula is C15H22N2O. The zero-order valence-electron chi connectivity index (χ0n) is 11.4. The molecule has 2 rings (SSSR count). The van der Waals surface area contributed by atoms with Gasteiger partial charge in [-0.3, -0.25) is 4.79 Å². The molecule has 1 N–H and O–H groups in total. The molecule has 1 unspecified atom stereocenters. The highest BCUT2D eigenvalue weighted by molar-refractivity contribution is 5.78. The number of carbonyl (C=O) groups excluding carboxylic acids is 1. The van der Waals surface area contributed by atoms with E-state index in [4.69, 9.17) is 0 Å². The normalized spacial score (nSPS) is 20.6. The highest BCUT2D eigenvalue weighted by Crippen LogP contribution is 2.16. The molecule has 1 amide bonds. The lowest BCUT2D eigenvalue weighted by Crippen LogP contribution is -2.53. The topological polar surface area (TPSA) is 32.3 Å². The number of piperazine rings is 1. The van der Waals surface area contributed by atoms with E-state index in [1.807, 2.05) is 11.9 Å². The second kappa shape index (κ2) is 5.53. The number of hydrogen-bond donors (Lipinski definition) is 1. The van der Waals surface area contributed by atoms with E-state index in [0.717, 1.165) is 13.0 Å². The zero-order valence-corrected chi connectivity index (χ0v) is 11.4. The fourth-order valence-corrected chi connectivity index (χ4v) is 2.32. The molecule has 1 atom stereocenters. The average Bonchev–Trinajstić information content (AvgIpc) is 2.34. The third kappa shape index (κ3) is 3.10. The van der Waals surface area contributed by atoms with Crippen molar-refractivity contribution in [2.45, 2.75) is 32.2 Å². The van der Waals surface area contributed by atoms with Gasteiger partial charge in [-0.1, -0.05) is 38.1 Å². The summed E-state index contributed by atoms with van der Waals surface area (Å²) in [5.41, 5.74) is 2.71. The minimum atomic E-state index is 0.182. The third-order valence-electron chi connectivity index (χ3n) is 3.59. The largest absolute Gasteiger partial charge is 0.343 e. The molecule has 1 heterocycles. The van der Waals surface area contributed by atoms with Gasteiger partial charge in [0.2, 0.25) is 5.91 Å². The van der Waals surface area contributed by atoms with E-state index in [2.05, 4.69) is 43.4 Å². The lowest BCUT2D eigenvalue weighted by molar-refractivity contribution is -0.131. The zero-order chi connectivity index (χ0) is 13.1. The van der Waals surface area contributed by atoms with Crippen LogP contribution in [0.3, 0.4) is 0 Å². The summed E-state index contributed by atoms with van der Waals surface area (Å²) in [6.07, 6.45) is 0.982. The highest BCUT2D eigenvalue weighted by atomic mass is 16.2. The molecule has 1 fully saturated rings. The van der Waals surface area contributed by atoms with E-state index in [-0.39, 0.29) is 5.91 Å². The van der Waals surface area contributed by atoms with Gasteiger partial charge in [0.25, 0.3) is 0 Å². The minimum Gasteiger partial charge on any atom is -0.343 e. The van der Waals surface area contributed by atoms with Crippen molar-refractivity contribution in [3.05, 3.63) is 35.4 Å². The first-order valence-corrected chi connectivity index (χ1v) is 6.62. The van der Waals surface area contributed by atoms with E-state index in [1.165, 1.54) is 11.1 Å². The molecule has 3 nitrogen and oxygen atoms in total. The summed E-state index contributed by atoms with van der Waals surface area (Å²) in [7, 11) is 1.87. The van der Waals surface area contributed by atoms with Crippen LogP contribution < -0.4 is 5.32 Å². The summed E-state index contributed by atoms with van der Waals surface area (Å²) in [6, 6.07) is 9.19. The summed E-state index contributed by atoms with van der Waals surface area (Å²) in [5, 5.41) is 3.29. The fraction of sp³-hybridized carbons (Fsp3) is 0.533. The lowest BCUT2D eigenvalue weighted by atomic mass is 9.98. The fourth-order valence-electron chi connectivity index (χ4n) is 2.32. The Bertz CT molecular complexity index is 411. The van der Waals surface area contributed by atoms with Gasteiger partial charge in [-0.05, 0) is 23.5 Å². The number of amides is 1. The molecule has 98 valence electrons. The molecule has 3 heteroatoms. The van der Waals surface area contributed by atoms with Crippen molar-refractivity contribution in [2.24, 2.45) is 0 Å². The van der Waals surface area contributed by atoms with E-state index >= 15 is 0 Å². The van der Waals surface area contributed by atoms with Crippen molar-refractivity contribution in [1.82, 2.24) is 10.2 Å². The Morgan fingerprint density at radius 3 is 2.56 bits per heavy atom. The summed E-state index contributed by atoms with van der Waals surface area (Å²) < 4.78 is 0. The van der Waals surface area contributed by atoms with E-state index in [1.54, 1.807) is 0 Å². The standard InChI is InChI=1S/C15H22N2O/c1-11(2)13-6-4-12(5-7-13)8-14-10-17(3)15(18)9-16-14/h4-7,11,14,16H,8-10H2,1-3H3. The molecule has 18 heavy (non-hydrogen) atoms. The maximum atomic E-state index is 11.4. The Kier molecular flexibility index (Phi) is 4.02. The molecular weight excluding hydrogens is 224 g/mol. The van der Waals surface area contributed by atoms with Crippen LogP contribution in [0.1, 0.15) is 30.9 Å². The maximum Gasteiger partial charge on any atom is 0.236 e. The van der Waals surface area contributed by atoms with E-state index < -0.39 is 0 Å². The first-order chi connectivity index (χ1) is 8.56. The number of nitrogens with zero attached hydrogens (tertiary/aromatic N) is 1. The number of rotatable bonds is 3. The molecule has 0 radical (unpaired) electrons. The SMILES string of the molecule is CC(C)c1ccc(CC2CN(C)C(=O)CN2)cc1. The summed E-state index contributed by atoms with van der Waals surface area (Å²) in [4.78, 5) is 13.2. The van der Waals surface area contributed by atoms with Crippen LogP contribution in [-0.2, 0) is 11.2 Å². The molecule has 0 aromatic heterocycles. The first-order valence-electron chi connectivity index (χ1n) is 6.62. The summed E-state index contributed by atoms with van der Waals surface area (Å²) >= 11 is 0. The molecule has 1 saturated heterocycles. The Hall–Kier alpha value is -1.35. The summed E-state index contributed by atoms with van der Waals surface area (Å²) in [5.74, 6) is 0.761. The van der Waals surface area contributed by atoms with Gasteiger partial charge in [0.05, 0.1) is 6.54 Å². The Morgan fingerprint density at radius 2 is 2.00 bits per heavy atom. The monoisotopic (exact) mass is 246 g/mol. The number of benzene rings is 1. The number of carbonyl (C=O) groups is 1. The maximum absolute atomic E-state index is 11.4. The highest BCUT2D eigenvalue weighted by Gasteiger charge is 2.21. The van der Waals surface area contributed by atoms with Crippen molar-refractivity contribution in [2.75, 3.05) is 20.1 Å². The number of likely N-dealkylation sites (N-methyl/N-ethyl adjacent to an activating group) is 1. The van der Waals surface area contributed by atoms with Gasteiger partial charge < -0.3 is 10.2 Å². The first kappa shape index (κ1) is 13.1. The van der Waals surface area contributed by atoms with Crippen LogP contribution in [0.4, 0.5) is 0 Å². The van der Waals surface area contributed by atoms with E-state index in [0.29, 0.717) is 18.5 Å². The van der Waals surface area contributed by atoms with Crippen molar-refractivity contribution >= 4 is 5.91 Å². The van der Waals surface area contributed by atoms with Gasteiger partial charge in [0.15, 0.2) is 0 Å². The Labute approximate surface area is 109 Å². The third-order valence-corrected chi connectivity index (χ3v) is 3.59. The van der Waals surface area contributed by atoms with Gasteiger partial charge in [-0.2, -0.15) is 0 Å². The molecule has 1 aromatic carbocycles. The van der Waals surface area contributed by atoms with Crippen LogP contribution in [0.25, 0.3) is 0 Å². The smallest absolute Gasteiger partial charge is 0.236 e. The van der Waals surface area contributed by atoms with Gasteiger partial charge in [0, 0.05) is 19.6 Å². The Balaban J connectivity index is 1.95. The molecule has 0 spiro atoms. The average molecular weight is 246 g/mol. The van der Waals surface area contributed by atoms with Gasteiger partial charge in [0.1, 0.15) is 0 Å². The van der Waals surface area contributed by atoms with Crippen LogP contribution in [0.5, 0.6) is 0 Å². The van der Waals surface area contributed by atoms with Crippen LogP contribution in [0, 0.1) is 0 Å². The van der Waals surface area contributed by atoms with Crippen LogP contribution in [0.2, 0.25) is 0 Å². The van der Waals surface area contributed by atoms with Crippen LogP contribution >= 0.6 is 0 Å². The van der Waals surface area contributed by atoms with Crippen molar-refractivity contribution < 1.29 is 4.79 Å². The quantitative estimate of drug-likeness (QED) is 0.882. The van der Waals surface area contributed by atoms with Gasteiger partial charge >= 0.3 is 0 Å². The second-order valence-electron chi connectivity index (χ2n) is 5.45. The molecule has 0 bridgehead atoms. The molecule has 1 aliphatic rings. The molecule has 1 aromatic rings. The van der Waals surface area contributed by atoms with Gasteiger partial charge in [-0.15, -0.1) is 0 Å². The molecule has 0 saturated carbocycles. The molecule has 1 aliphatic heterocycles. The lowest BCUT2D eigenvalue weighted by Gasteiger charge is -2.30. The predicted octanol–water partition coefficient (Wildman–Crippen LogP) is 1.78. The van der Waals surface area contributed by atoms with Crippen molar-refractivity contribution in [3.8, 4) is 0 Å².